The fourth-order valence-electron chi connectivity index (χ4n) is 2.08. The maximum atomic E-state index is 11.6. The Labute approximate surface area is 117 Å². The molecule has 0 aliphatic heterocycles. The average molecular weight is 277 g/mol. The molecule has 6 nitrogen and oxygen atoms in total. The molecule has 0 aromatic heterocycles. The molecular formula is C14H19N3O3. The van der Waals surface area contributed by atoms with Crippen molar-refractivity contribution in [2.45, 2.75) is 38.3 Å². The molecule has 0 radical (unpaired) electrons. The van der Waals surface area contributed by atoms with E-state index in [1.165, 1.54) is 6.07 Å². The summed E-state index contributed by atoms with van der Waals surface area (Å²) >= 11 is 0. The molecule has 0 saturated heterocycles. The number of amides is 1. The summed E-state index contributed by atoms with van der Waals surface area (Å²) in [4.78, 5) is 22.0. The highest BCUT2D eigenvalue weighted by Crippen LogP contribution is 2.21. The number of hydrogen-bond acceptors (Lipinski definition) is 4. The summed E-state index contributed by atoms with van der Waals surface area (Å²) in [6, 6.07) is 6.83. The molecule has 0 heterocycles. The third-order valence-corrected chi connectivity index (χ3v) is 3.34. The van der Waals surface area contributed by atoms with Gasteiger partial charge in [-0.05, 0) is 24.8 Å². The van der Waals surface area contributed by atoms with Crippen LogP contribution >= 0.6 is 0 Å². The minimum absolute atomic E-state index is 0.0172. The highest BCUT2D eigenvalue weighted by molar-refractivity contribution is 5.78. The van der Waals surface area contributed by atoms with Crippen molar-refractivity contribution in [2.75, 3.05) is 6.54 Å². The van der Waals surface area contributed by atoms with Crippen LogP contribution in [-0.2, 0) is 4.79 Å². The minimum atomic E-state index is -0.407. The third kappa shape index (κ3) is 4.03. The predicted octanol–water partition coefficient (Wildman–Crippen LogP) is 1.91. The molecule has 1 fully saturated rings. The topological polar surface area (TPSA) is 84.3 Å². The van der Waals surface area contributed by atoms with E-state index >= 15 is 0 Å². The van der Waals surface area contributed by atoms with Gasteiger partial charge in [-0.25, -0.2) is 0 Å². The second-order valence-corrected chi connectivity index (χ2v) is 5.04. The first-order valence-corrected chi connectivity index (χ1v) is 6.87. The number of nitro groups is 1. The van der Waals surface area contributed by atoms with Crippen LogP contribution in [0.2, 0.25) is 0 Å². The van der Waals surface area contributed by atoms with Gasteiger partial charge in [-0.3, -0.25) is 14.9 Å². The molecule has 1 aromatic rings. The van der Waals surface area contributed by atoms with Crippen molar-refractivity contribution in [1.29, 1.82) is 0 Å². The summed E-state index contributed by atoms with van der Waals surface area (Å²) in [5.74, 6) is -0.0172. The van der Waals surface area contributed by atoms with Crippen molar-refractivity contribution in [3.05, 3.63) is 39.9 Å². The van der Waals surface area contributed by atoms with Gasteiger partial charge in [0.15, 0.2) is 0 Å². The van der Waals surface area contributed by atoms with Gasteiger partial charge >= 0.3 is 0 Å². The van der Waals surface area contributed by atoms with E-state index in [4.69, 9.17) is 0 Å². The summed E-state index contributed by atoms with van der Waals surface area (Å²) in [5, 5.41) is 16.8. The standard InChI is InChI=1S/C14H19N3O3/c1-2-13(15-9-14(18)16-11-6-7-11)10-4-3-5-12(8-10)17(19)20/h3-5,8,11,13,15H,2,6-7,9H2,1H3,(H,16,18). The zero-order valence-corrected chi connectivity index (χ0v) is 11.5. The molecule has 1 aliphatic carbocycles. The van der Waals surface area contributed by atoms with Crippen LogP contribution in [0.1, 0.15) is 37.8 Å². The molecule has 2 rings (SSSR count). The largest absolute Gasteiger partial charge is 0.352 e. The van der Waals surface area contributed by atoms with Crippen LogP contribution in [-0.4, -0.2) is 23.4 Å². The molecule has 6 heteroatoms. The van der Waals surface area contributed by atoms with Gasteiger partial charge < -0.3 is 10.6 Å². The van der Waals surface area contributed by atoms with E-state index in [1.807, 2.05) is 13.0 Å². The minimum Gasteiger partial charge on any atom is -0.352 e. The van der Waals surface area contributed by atoms with Gasteiger partial charge in [-0.1, -0.05) is 19.1 Å². The van der Waals surface area contributed by atoms with Crippen LogP contribution in [0.3, 0.4) is 0 Å². The van der Waals surface area contributed by atoms with Crippen molar-refractivity contribution in [2.24, 2.45) is 0 Å². The van der Waals surface area contributed by atoms with Crippen LogP contribution in [0, 0.1) is 10.1 Å². The zero-order valence-electron chi connectivity index (χ0n) is 11.5. The Morgan fingerprint density at radius 3 is 2.85 bits per heavy atom. The number of nitrogens with zero attached hydrogens (tertiary/aromatic N) is 1. The van der Waals surface area contributed by atoms with E-state index in [2.05, 4.69) is 10.6 Å². The van der Waals surface area contributed by atoms with E-state index in [0.29, 0.717) is 6.04 Å². The molecule has 20 heavy (non-hydrogen) atoms. The van der Waals surface area contributed by atoms with E-state index in [0.717, 1.165) is 24.8 Å². The molecule has 1 atom stereocenters. The van der Waals surface area contributed by atoms with Gasteiger partial charge in [0.05, 0.1) is 11.5 Å². The Kier molecular flexibility index (Phi) is 4.68. The van der Waals surface area contributed by atoms with Crippen molar-refractivity contribution in [3.63, 3.8) is 0 Å². The van der Waals surface area contributed by atoms with Crippen LogP contribution in [0.25, 0.3) is 0 Å². The fraction of sp³-hybridized carbons (Fsp3) is 0.500. The van der Waals surface area contributed by atoms with Crippen molar-refractivity contribution in [1.82, 2.24) is 10.6 Å². The number of rotatable bonds is 7. The zero-order chi connectivity index (χ0) is 14.5. The van der Waals surface area contributed by atoms with Crippen molar-refractivity contribution >= 4 is 11.6 Å². The van der Waals surface area contributed by atoms with E-state index < -0.39 is 4.92 Å². The summed E-state index contributed by atoms with van der Waals surface area (Å²) in [6.07, 6.45) is 2.89. The van der Waals surface area contributed by atoms with Crippen LogP contribution in [0.5, 0.6) is 0 Å². The SMILES string of the molecule is CCC(NCC(=O)NC1CC1)c1cccc([N+](=O)[O-])c1. The molecule has 1 amide bonds. The van der Waals surface area contributed by atoms with E-state index in [-0.39, 0.29) is 24.2 Å². The van der Waals surface area contributed by atoms with Gasteiger partial charge in [-0.2, -0.15) is 0 Å². The molecule has 0 bridgehead atoms. The van der Waals surface area contributed by atoms with Gasteiger partial charge in [0, 0.05) is 24.2 Å². The Morgan fingerprint density at radius 1 is 1.50 bits per heavy atom. The molecule has 108 valence electrons. The average Bonchev–Trinajstić information content (AvgIpc) is 3.23. The van der Waals surface area contributed by atoms with E-state index in [1.54, 1.807) is 12.1 Å². The molecule has 1 saturated carbocycles. The number of nitrogens with one attached hydrogen (secondary N) is 2. The smallest absolute Gasteiger partial charge is 0.269 e. The molecule has 1 aliphatic rings. The van der Waals surface area contributed by atoms with Crippen LogP contribution < -0.4 is 10.6 Å². The molecule has 1 aromatic carbocycles. The number of benzene rings is 1. The Morgan fingerprint density at radius 2 is 2.25 bits per heavy atom. The second-order valence-electron chi connectivity index (χ2n) is 5.04. The first kappa shape index (κ1) is 14.5. The maximum Gasteiger partial charge on any atom is 0.269 e. The summed E-state index contributed by atoms with van der Waals surface area (Å²) in [5.41, 5.74) is 0.908. The van der Waals surface area contributed by atoms with Gasteiger partial charge in [0.25, 0.3) is 5.69 Å². The molecule has 2 N–H and O–H groups in total. The second kappa shape index (κ2) is 6.47. The van der Waals surface area contributed by atoms with Crippen molar-refractivity contribution < 1.29 is 9.72 Å². The van der Waals surface area contributed by atoms with Gasteiger partial charge in [0.2, 0.25) is 5.91 Å². The monoisotopic (exact) mass is 277 g/mol. The lowest BCUT2D eigenvalue weighted by Gasteiger charge is -2.17. The van der Waals surface area contributed by atoms with Crippen LogP contribution in [0.4, 0.5) is 5.69 Å². The number of non-ortho nitro benzene ring substituents is 1. The lowest BCUT2D eigenvalue weighted by Crippen LogP contribution is -2.36. The number of carbonyl (C=O) groups excluding carboxylic acids is 1. The normalized spacial score (nSPS) is 15.7. The lowest BCUT2D eigenvalue weighted by atomic mass is 10.0. The maximum absolute atomic E-state index is 11.6. The summed E-state index contributed by atoms with van der Waals surface area (Å²) in [6.45, 7) is 2.22. The Bertz CT molecular complexity index is 500. The van der Waals surface area contributed by atoms with Gasteiger partial charge in [0.1, 0.15) is 0 Å². The highest BCUT2D eigenvalue weighted by atomic mass is 16.6. The molecule has 0 spiro atoms. The molecule has 1 unspecified atom stereocenters. The van der Waals surface area contributed by atoms with Crippen molar-refractivity contribution in [3.8, 4) is 0 Å². The van der Waals surface area contributed by atoms with Gasteiger partial charge in [-0.15, -0.1) is 0 Å². The van der Waals surface area contributed by atoms with Crippen LogP contribution in [0.15, 0.2) is 24.3 Å². The quantitative estimate of drug-likeness (QED) is 0.589. The Balaban J connectivity index is 1.94. The number of nitro benzene ring substituents is 1. The summed E-state index contributed by atoms with van der Waals surface area (Å²) in [7, 11) is 0. The number of carbonyl (C=O) groups is 1. The first-order chi connectivity index (χ1) is 9.60. The first-order valence-electron chi connectivity index (χ1n) is 6.87. The fourth-order valence-corrected chi connectivity index (χ4v) is 2.08. The summed E-state index contributed by atoms with van der Waals surface area (Å²) < 4.78 is 0. The highest BCUT2D eigenvalue weighted by Gasteiger charge is 2.23. The lowest BCUT2D eigenvalue weighted by molar-refractivity contribution is -0.384. The predicted molar refractivity (Wildman–Crippen MR) is 75.3 cm³/mol. The number of hydrogen-bond donors (Lipinski definition) is 2. The Hall–Kier alpha value is -1.95. The third-order valence-electron chi connectivity index (χ3n) is 3.34. The van der Waals surface area contributed by atoms with E-state index in [9.17, 15) is 14.9 Å². The molecular weight excluding hydrogens is 258 g/mol.